The van der Waals surface area contributed by atoms with Gasteiger partial charge in [-0.1, -0.05) is 41.6 Å². The van der Waals surface area contributed by atoms with Gasteiger partial charge in [-0.2, -0.15) is 4.98 Å². The Morgan fingerprint density at radius 1 is 1.11 bits per heavy atom. The lowest BCUT2D eigenvalue weighted by molar-refractivity contribution is -0.145. The Labute approximate surface area is 166 Å². The van der Waals surface area contributed by atoms with Gasteiger partial charge in [0.2, 0.25) is 5.82 Å². The van der Waals surface area contributed by atoms with Crippen molar-refractivity contribution in [3.05, 3.63) is 65.0 Å². The molecule has 0 fully saturated rings. The lowest BCUT2D eigenvalue weighted by Crippen LogP contribution is -2.05. The summed E-state index contributed by atoms with van der Waals surface area (Å²) < 4.78 is 11.6. The van der Waals surface area contributed by atoms with Crippen LogP contribution < -0.4 is 0 Å². The van der Waals surface area contributed by atoms with E-state index in [4.69, 9.17) is 9.26 Å². The first-order valence-electron chi connectivity index (χ1n) is 9.08. The van der Waals surface area contributed by atoms with E-state index in [2.05, 4.69) is 21.2 Å². The van der Waals surface area contributed by atoms with Gasteiger partial charge >= 0.3 is 5.97 Å². The summed E-state index contributed by atoms with van der Waals surface area (Å²) in [5.41, 5.74) is 2.97. The van der Waals surface area contributed by atoms with Gasteiger partial charge in [-0.3, -0.25) is 4.79 Å². The normalized spacial score (nSPS) is 11.0. The lowest BCUT2D eigenvalue weighted by Gasteiger charge is -2.01. The molecule has 0 bridgehead atoms. The summed E-state index contributed by atoms with van der Waals surface area (Å²) in [4.78, 5) is 20.9. The minimum atomic E-state index is -0.281. The number of benzene rings is 2. The predicted molar refractivity (Wildman–Crippen MR) is 107 cm³/mol. The monoisotopic (exact) mass is 393 g/mol. The molecule has 2 aromatic carbocycles. The van der Waals surface area contributed by atoms with Crippen LogP contribution in [0.3, 0.4) is 0 Å². The second-order valence-corrected chi connectivity index (χ2v) is 7.53. The molecule has 0 amide bonds. The third-order valence-corrected chi connectivity index (χ3v) is 5.42. The van der Waals surface area contributed by atoms with Crippen LogP contribution in [0.1, 0.15) is 29.3 Å². The zero-order chi connectivity index (χ0) is 19.3. The molecule has 0 aliphatic rings. The number of hydrogen-bond acceptors (Lipinski definition) is 7. The van der Waals surface area contributed by atoms with E-state index in [0.29, 0.717) is 18.7 Å². The molecule has 0 saturated carbocycles. The fraction of sp³-hybridized carbons (Fsp3) is 0.238. The van der Waals surface area contributed by atoms with E-state index >= 15 is 0 Å². The maximum atomic E-state index is 12.0. The van der Waals surface area contributed by atoms with E-state index in [9.17, 15) is 4.79 Å². The number of para-hydroxylation sites is 1. The molecular weight excluding hydrogens is 374 g/mol. The van der Waals surface area contributed by atoms with Gasteiger partial charge in [0.15, 0.2) is 6.61 Å². The molecule has 0 radical (unpaired) electrons. The number of carbonyl (C=O) groups is 1. The number of nitrogens with zero attached hydrogens (tertiary/aromatic N) is 3. The summed E-state index contributed by atoms with van der Waals surface area (Å²) in [5, 5.41) is 5.00. The van der Waals surface area contributed by atoms with Crippen LogP contribution in [0.4, 0.5) is 0 Å². The minimum Gasteiger partial charge on any atom is -0.456 e. The second kappa shape index (κ2) is 8.31. The van der Waals surface area contributed by atoms with Gasteiger partial charge in [0.1, 0.15) is 0 Å². The number of hydrogen-bond donors (Lipinski definition) is 0. The van der Waals surface area contributed by atoms with Crippen molar-refractivity contribution in [3.8, 4) is 11.4 Å². The van der Waals surface area contributed by atoms with E-state index in [-0.39, 0.29) is 18.5 Å². The minimum absolute atomic E-state index is 0.0150. The van der Waals surface area contributed by atoms with E-state index in [1.54, 1.807) is 11.3 Å². The highest BCUT2D eigenvalue weighted by Crippen LogP contribution is 2.23. The molecular formula is C21H19N3O3S. The van der Waals surface area contributed by atoms with Gasteiger partial charge in [0.05, 0.1) is 15.2 Å². The van der Waals surface area contributed by atoms with Gasteiger partial charge in [0, 0.05) is 12.0 Å². The van der Waals surface area contributed by atoms with Gasteiger partial charge < -0.3 is 9.26 Å². The predicted octanol–water partition coefficient (Wildman–Crippen LogP) is 4.72. The standard InChI is InChI=1S/C21H19N3O3S/c1-14-7-2-3-8-15(14)21-23-18(27-24-21)13-26-20(25)12-6-11-19-22-16-9-4-5-10-17(16)28-19/h2-5,7-10H,6,11-13H2,1H3. The largest absolute Gasteiger partial charge is 0.456 e. The maximum Gasteiger partial charge on any atom is 0.306 e. The number of thiazole rings is 1. The van der Waals surface area contributed by atoms with Gasteiger partial charge in [0.25, 0.3) is 5.89 Å². The molecule has 7 heteroatoms. The van der Waals surface area contributed by atoms with Crippen molar-refractivity contribution in [2.45, 2.75) is 32.8 Å². The van der Waals surface area contributed by atoms with Crippen LogP contribution in [0.2, 0.25) is 0 Å². The van der Waals surface area contributed by atoms with Crippen molar-refractivity contribution >= 4 is 27.5 Å². The van der Waals surface area contributed by atoms with Crippen molar-refractivity contribution in [2.75, 3.05) is 0 Å². The zero-order valence-corrected chi connectivity index (χ0v) is 16.2. The summed E-state index contributed by atoms with van der Waals surface area (Å²) in [6, 6.07) is 15.8. The Bertz CT molecular complexity index is 1070. The first-order chi connectivity index (χ1) is 13.7. The summed E-state index contributed by atoms with van der Waals surface area (Å²) in [5.74, 6) is 0.509. The molecule has 6 nitrogen and oxygen atoms in total. The zero-order valence-electron chi connectivity index (χ0n) is 15.4. The lowest BCUT2D eigenvalue weighted by atomic mass is 10.1. The first kappa shape index (κ1) is 18.3. The van der Waals surface area contributed by atoms with Crippen molar-refractivity contribution in [1.29, 1.82) is 0 Å². The van der Waals surface area contributed by atoms with Gasteiger partial charge in [-0.25, -0.2) is 4.98 Å². The molecule has 2 aromatic heterocycles. The topological polar surface area (TPSA) is 78.1 Å². The SMILES string of the molecule is Cc1ccccc1-c1noc(COC(=O)CCCc2nc3ccccc3s2)n1. The van der Waals surface area contributed by atoms with Gasteiger partial charge in [-0.15, -0.1) is 11.3 Å². The number of aromatic nitrogens is 3. The summed E-state index contributed by atoms with van der Waals surface area (Å²) in [6.45, 7) is 1.97. The van der Waals surface area contributed by atoms with Gasteiger partial charge in [-0.05, 0) is 37.5 Å². The molecule has 0 atom stereocenters. The Hall–Kier alpha value is -3.06. The molecule has 0 N–H and O–H groups in total. The Morgan fingerprint density at radius 2 is 1.93 bits per heavy atom. The maximum absolute atomic E-state index is 12.0. The van der Waals surface area contributed by atoms with Crippen LogP contribution in [0, 0.1) is 6.92 Å². The molecule has 142 valence electrons. The third kappa shape index (κ3) is 4.26. The Morgan fingerprint density at radius 3 is 2.79 bits per heavy atom. The molecule has 2 heterocycles. The molecule has 0 aliphatic carbocycles. The van der Waals surface area contributed by atoms with Crippen LogP contribution in [0.25, 0.3) is 21.6 Å². The summed E-state index contributed by atoms with van der Waals surface area (Å²) >= 11 is 1.66. The van der Waals surface area contributed by atoms with E-state index in [1.807, 2.05) is 49.4 Å². The molecule has 0 spiro atoms. The van der Waals surface area contributed by atoms with Crippen LogP contribution in [-0.4, -0.2) is 21.1 Å². The number of fused-ring (bicyclic) bond motifs is 1. The molecule has 28 heavy (non-hydrogen) atoms. The summed E-state index contributed by atoms with van der Waals surface area (Å²) in [6.07, 6.45) is 1.78. The molecule has 0 saturated heterocycles. The first-order valence-corrected chi connectivity index (χ1v) is 9.89. The number of esters is 1. The van der Waals surface area contributed by atoms with Crippen molar-refractivity contribution in [2.24, 2.45) is 0 Å². The highest BCUT2D eigenvalue weighted by Gasteiger charge is 2.13. The third-order valence-electron chi connectivity index (χ3n) is 4.32. The van der Waals surface area contributed by atoms with Crippen molar-refractivity contribution in [1.82, 2.24) is 15.1 Å². The van der Waals surface area contributed by atoms with E-state index in [0.717, 1.165) is 28.1 Å². The average molecular weight is 393 g/mol. The average Bonchev–Trinajstić information content (AvgIpc) is 3.33. The van der Waals surface area contributed by atoms with Crippen LogP contribution >= 0.6 is 11.3 Å². The van der Waals surface area contributed by atoms with E-state index < -0.39 is 0 Å². The van der Waals surface area contributed by atoms with Crippen molar-refractivity contribution in [3.63, 3.8) is 0 Å². The number of carbonyl (C=O) groups excluding carboxylic acids is 1. The fourth-order valence-corrected chi connectivity index (χ4v) is 3.88. The Kier molecular flexibility index (Phi) is 5.43. The summed E-state index contributed by atoms with van der Waals surface area (Å²) in [7, 11) is 0. The molecule has 4 aromatic rings. The number of aryl methyl sites for hydroxylation is 2. The molecule has 0 aliphatic heterocycles. The van der Waals surface area contributed by atoms with Crippen molar-refractivity contribution < 1.29 is 14.1 Å². The van der Waals surface area contributed by atoms with E-state index in [1.165, 1.54) is 4.70 Å². The molecule has 0 unspecified atom stereocenters. The molecule has 4 rings (SSSR count). The van der Waals surface area contributed by atoms with Crippen LogP contribution in [0.15, 0.2) is 53.1 Å². The number of rotatable bonds is 7. The highest BCUT2D eigenvalue weighted by atomic mass is 32.1. The second-order valence-electron chi connectivity index (χ2n) is 6.42. The van der Waals surface area contributed by atoms with Crippen LogP contribution in [0.5, 0.6) is 0 Å². The van der Waals surface area contributed by atoms with Crippen LogP contribution in [-0.2, 0) is 22.6 Å². The quantitative estimate of drug-likeness (QED) is 0.423. The fourth-order valence-electron chi connectivity index (χ4n) is 2.87. The number of ether oxygens (including phenoxy) is 1. The highest BCUT2D eigenvalue weighted by molar-refractivity contribution is 7.18. The Balaban J connectivity index is 1.25. The smallest absolute Gasteiger partial charge is 0.306 e.